The number of ether oxygens (including phenoxy) is 1. The zero-order valence-electron chi connectivity index (χ0n) is 15.2. The summed E-state index contributed by atoms with van der Waals surface area (Å²) in [6, 6.07) is 16.4. The van der Waals surface area contributed by atoms with Crippen LogP contribution in [0, 0.1) is 6.92 Å². The number of carbonyl (C=O) groups excluding carboxylic acids is 1. The quantitative estimate of drug-likeness (QED) is 0.525. The van der Waals surface area contributed by atoms with Crippen LogP contribution in [0.3, 0.4) is 0 Å². The largest absolute Gasteiger partial charge is 0.494 e. The van der Waals surface area contributed by atoms with Gasteiger partial charge in [0.05, 0.1) is 11.9 Å². The number of aryl methyl sites for hydroxylation is 2. The van der Waals surface area contributed by atoms with Crippen LogP contribution in [0.25, 0.3) is 0 Å². The van der Waals surface area contributed by atoms with Gasteiger partial charge in [-0.3, -0.25) is 4.79 Å². The average molecular weight is 358 g/mol. The second-order valence-electron chi connectivity index (χ2n) is 6.04. The molecule has 2 rings (SSSR count). The van der Waals surface area contributed by atoms with Crippen LogP contribution >= 0.6 is 11.8 Å². The fourth-order valence-corrected chi connectivity index (χ4v) is 3.33. The van der Waals surface area contributed by atoms with Crippen LogP contribution in [0.1, 0.15) is 31.4 Å². The van der Waals surface area contributed by atoms with Crippen LogP contribution in [0.4, 0.5) is 0 Å². The van der Waals surface area contributed by atoms with E-state index in [0.29, 0.717) is 13.2 Å². The van der Waals surface area contributed by atoms with Crippen molar-refractivity contribution in [1.29, 1.82) is 0 Å². The summed E-state index contributed by atoms with van der Waals surface area (Å²) in [5.74, 6) is 0.999. The molecule has 0 fully saturated rings. The van der Waals surface area contributed by atoms with Gasteiger partial charge < -0.3 is 10.1 Å². The Bertz CT molecular complexity index is 653. The molecule has 2 aromatic carbocycles. The fraction of sp³-hybridized carbons (Fsp3) is 0.381. The molecule has 0 aliphatic rings. The van der Waals surface area contributed by atoms with Crippen molar-refractivity contribution in [2.75, 3.05) is 13.2 Å². The molecule has 0 bridgehead atoms. The van der Waals surface area contributed by atoms with Gasteiger partial charge in [0.1, 0.15) is 5.75 Å². The lowest BCUT2D eigenvalue weighted by atomic mass is 10.1. The van der Waals surface area contributed by atoms with E-state index in [9.17, 15) is 4.79 Å². The Morgan fingerprint density at radius 1 is 1.12 bits per heavy atom. The molecule has 3 nitrogen and oxygen atoms in total. The topological polar surface area (TPSA) is 38.3 Å². The molecule has 1 atom stereocenters. The first kappa shape index (κ1) is 19.4. The number of benzene rings is 2. The summed E-state index contributed by atoms with van der Waals surface area (Å²) < 4.78 is 5.44. The van der Waals surface area contributed by atoms with E-state index >= 15 is 0 Å². The third kappa shape index (κ3) is 6.83. The van der Waals surface area contributed by atoms with Gasteiger partial charge in [0.2, 0.25) is 5.91 Å². The molecule has 0 unspecified atom stereocenters. The second kappa shape index (κ2) is 10.1. The third-order valence-electron chi connectivity index (χ3n) is 3.88. The fourth-order valence-electron chi connectivity index (χ4n) is 2.44. The predicted molar refractivity (Wildman–Crippen MR) is 105 cm³/mol. The molecule has 0 aromatic heterocycles. The molecular weight excluding hydrogens is 330 g/mol. The zero-order chi connectivity index (χ0) is 18.1. The van der Waals surface area contributed by atoms with Crippen LogP contribution < -0.4 is 10.1 Å². The van der Waals surface area contributed by atoms with Crippen molar-refractivity contribution < 1.29 is 9.53 Å². The number of hydrogen-bond donors (Lipinski definition) is 1. The number of nitrogens with one attached hydrogen (secondary N) is 1. The predicted octanol–water partition coefficient (Wildman–Crippen LogP) is 4.62. The summed E-state index contributed by atoms with van der Waals surface area (Å²) >= 11 is 1.60. The van der Waals surface area contributed by atoms with Crippen molar-refractivity contribution in [2.45, 2.75) is 43.8 Å². The van der Waals surface area contributed by atoms with Crippen molar-refractivity contribution in [3.8, 4) is 5.75 Å². The van der Waals surface area contributed by atoms with E-state index in [-0.39, 0.29) is 11.2 Å². The van der Waals surface area contributed by atoms with E-state index in [1.807, 2.05) is 26.0 Å². The highest BCUT2D eigenvalue weighted by Gasteiger charge is 2.13. The van der Waals surface area contributed by atoms with Gasteiger partial charge in [0.15, 0.2) is 0 Å². The van der Waals surface area contributed by atoms with Crippen LogP contribution in [-0.4, -0.2) is 24.3 Å². The van der Waals surface area contributed by atoms with Gasteiger partial charge in [-0.25, -0.2) is 0 Å². The summed E-state index contributed by atoms with van der Waals surface area (Å²) in [4.78, 5) is 13.3. The highest BCUT2D eigenvalue weighted by atomic mass is 32.2. The molecule has 25 heavy (non-hydrogen) atoms. The standard InChI is InChI=1S/C21H27NO2S/c1-4-24-19-11-9-18(10-12-19)6-5-15-22-21(23)17(3)25-20-13-7-16(2)8-14-20/h7-14,17H,4-6,15H2,1-3H3,(H,22,23)/t17-/m1/s1. The maximum absolute atomic E-state index is 12.2. The third-order valence-corrected chi connectivity index (χ3v) is 4.99. The molecule has 0 saturated carbocycles. The van der Waals surface area contributed by atoms with Gasteiger partial charge in [0.25, 0.3) is 0 Å². The van der Waals surface area contributed by atoms with Gasteiger partial charge in [-0.15, -0.1) is 11.8 Å². The minimum absolute atomic E-state index is 0.0896. The minimum Gasteiger partial charge on any atom is -0.494 e. The minimum atomic E-state index is -0.0896. The lowest BCUT2D eigenvalue weighted by molar-refractivity contribution is -0.120. The molecule has 134 valence electrons. The van der Waals surface area contributed by atoms with E-state index in [1.54, 1.807) is 11.8 Å². The molecule has 0 saturated heterocycles. The molecule has 4 heteroatoms. The maximum atomic E-state index is 12.2. The number of amides is 1. The summed E-state index contributed by atoms with van der Waals surface area (Å²) in [5.41, 5.74) is 2.50. The van der Waals surface area contributed by atoms with Crippen LogP contribution in [0.2, 0.25) is 0 Å². The molecule has 0 aliphatic heterocycles. The van der Waals surface area contributed by atoms with Crippen molar-refractivity contribution in [3.05, 3.63) is 59.7 Å². The number of rotatable bonds is 9. The van der Waals surface area contributed by atoms with E-state index in [1.165, 1.54) is 11.1 Å². The van der Waals surface area contributed by atoms with E-state index in [2.05, 4.69) is 48.6 Å². The second-order valence-corrected chi connectivity index (χ2v) is 7.46. The van der Waals surface area contributed by atoms with Gasteiger partial charge in [-0.1, -0.05) is 29.8 Å². The molecule has 1 N–H and O–H groups in total. The number of thioether (sulfide) groups is 1. The molecule has 2 aromatic rings. The molecule has 0 heterocycles. The van der Waals surface area contributed by atoms with Crippen LogP contribution in [0.15, 0.2) is 53.4 Å². The van der Waals surface area contributed by atoms with Gasteiger partial charge in [0, 0.05) is 11.4 Å². The number of hydrogen-bond acceptors (Lipinski definition) is 3. The Hall–Kier alpha value is -1.94. The lowest BCUT2D eigenvalue weighted by Crippen LogP contribution is -2.31. The van der Waals surface area contributed by atoms with Gasteiger partial charge in [-0.2, -0.15) is 0 Å². The first-order chi connectivity index (χ1) is 12.1. The zero-order valence-corrected chi connectivity index (χ0v) is 16.1. The van der Waals surface area contributed by atoms with Crippen molar-refractivity contribution >= 4 is 17.7 Å². The van der Waals surface area contributed by atoms with Crippen LogP contribution in [-0.2, 0) is 11.2 Å². The van der Waals surface area contributed by atoms with Crippen molar-refractivity contribution in [1.82, 2.24) is 5.32 Å². The van der Waals surface area contributed by atoms with Gasteiger partial charge >= 0.3 is 0 Å². The Labute approximate surface area is 155 Å². The Kier molecular flexibility index (Phi) is 7.86. The number of carbonyl (C=O) groups is 1. The molecular formula is C21H27NO2S. The summed E-state index contributed by atoms with van der Waals surface area (Å²) in [6.45, 7) is 7.38. The van der Waals surface area contributed by atoms with Gasteiger partial charge in [-0.05, 0) is 63.4 Å². The van der Waals surface area contributed by atoms with Crippen molar-refractivity contribution in [2.24, 2.45) is 0 Å². The normalized spacial score (nSPS) is 11.8. The first-order valence-corrected chi connectivity index (χ1v) is 9.69. The van der Waals surface area contributed by atoms with Crippen LogP contribution in [0.5, 0.6) is 5.75 Å². The summed E-state index contributed by atoms with van der Waals surface area (Å²) in [6.07, 6.45) is 1.88. The summed E-state index contributed by atoms with van der Waals surface area (Å²) in [7, 11) is 0. The first-order valence-electron chi connectivity index (χ1n) is 8.81. The lowest BCUT2D eigenvalue weighted by Gasteiger charge is -2.12. The Morgan fingerprint density at radius 3 is 2.44 bits per heavy atom. The monoisotopic (exact) mass is 357 g/mol. The van der Waals surface area contributed by atoms with Crippen molar-refractivity contribution in [3.63, 3.8) is 0 Å². The Balaban J connectivity index is 1.68. The summed E-state index contributed by atoms with van der Waals surface area (Å²) in [5, 5.41) is 2.94. The van der Waals surface area contributed by atoms with E-state index in [4.69, 9.17) is 4.74 Å². The average Bonchev–Trinajstić information content (AvgIpc) is 2.62. The molecule has 0 aliphatic carbocycles. The highest BCUT2D eigenvalue weighted by molar-refractivity contribution is 8.00. The molecule has 1 amide bonds. The van der Waals surface area contributed by atoms with E-state index in [0.717, 1.165) is 23.5 Å². The smallest absolute Gasteiger partial charge is 0.233 e. The highest BCUT2D eigenvalue weighted by Crippen LogP contribution is 2.23. The SMILES string of the molecule is CCOc1ccc(CCCNC(=O)[C@@H](C)Sc2ccc(C)cc2)cc1. The molecule has 0 radical (unpaired) electrons. The van der Waals surface area contributed by atoms with E-state index < -0.39 is 0 Å². The molecule has 0 spiro atoms. The maximum Gasteiger partial charge on any atom is 0.233 e. The Morgan fingerprint density at radius 2 is 1.80 bits per heavy atom.